The van der Waals surface area contributed by atoms with Gasteiger partial charge in [0.05, 0.1) is 5.69 Å². The predicted molar refractivity (Wildman–Crippen MR) is 99.7 cm³/mol. The highest BCUT2D eigenvalue weighted by Crippen LogP contribution is 2.23. The lowest BCUT2D eigenvalue weighted by Crippen LogP contribution is -2.13. The van der Waals surface area contributed by atoms with Crippen LogP contribution in [0.15, 0.2) is 36.5 Å². The first-order chi connectivity index (χ1) is 11.6. The zero-order chi connectivity index (χ0) is 17.6. The lowest BCUT2D eigenvalue weighted by atomic mass is 10.0. The van der Waals surface area contributed by atoms with Gasteiger partial charge in [-0.1, -0.05) is 70.9 Å². The molecule has 1 aromatic rings. The van der Waals surface area contributed by atoms with Gasteiger partial charge in [-0.15, -0.1) is 0 Å². The number of hydrogen-bond acceptors (Lipinski definition) is 3. The number of nitrogens with zero attached hydrogens (tertiary/aromatic N) is 1. The summed E-state index contributed by atoms with van der Waals surface area (Å²) in [5.74, 6) is -0.332. The maximum absolute atomic E-state index is 11.8. The van der Waals surface area contributed by atoms with Gasteiger partial charge in [-0.3, -0.25) is 4.98 Å². The Morgan fingerprint density at radius 3 is 2.25 bits per heavy atom. The molecule has 1 aromatic heterocycles. The molecule has 0 aliphatic carbocycles. The molecule has 0 saturated heterocycles. The molecular formula is C21H33NO2. The number of hydrogen-bond donors (Lipinski definition) is 0. The highest BCUT2D eigenvalue weighted by Gasteiger charge is 2.17. The van der Waals surface area contributed by atoms with Crippen LogP contribution in [0.25, 0.3) is 0 Å². The topological polar surface area (TPSA) is 39.2 Å². The first kappa shape index (κ1) is 20.4. The van der Waals surface area contributed by atoms with Gasteiger partial charge in [0.15, 0.2) is 0 Å². The Kier molecular flexibility index (Phi) is 10.8. The summed E-state index contributed by atoms with van der Waals surface area (Å²) in [5.41, 5.74) is 1.26. The van der Waals surface area contributed by atoms with E-state index in [9.17, 15) is 4.79 Å². The predicted octanol–water partition coefficient (Wildman–Crippen LogP) is 6.16. The van der Waals surface area contributed by atoms with E-state index in [4.69, 9.17) is 4.74 Å². The van der Waals surface area contributed by atoms with Gasteiger partial charge in [-0.05, 0) is 31.9 Å². The van der Waals surface area contributed by atoms with E-state index in [2.05, 4.69) is 18.5 Å². The van der Waals surface area contributed by atoms with Crippen molar-refractivity contribution in [2.24, 2.45) is 0 Å². The van der Waals surface area contributed by atoms with Crippen LogP contribution in [0.5, 0.6) is 0 Å². The van der Waals surface area contributed by atoms with Crippen LogP contribution in [0.2, 0.25) is 0 Å². The van der Waals surface area contributed by atoms with E-state index in [0.29, 0.717) is 5.57 Å². The van der Waals surface area contributed by atoms with E-state index < -0.39 is 0 Å². The summed E-state index contributed by atoms with van der Waals surface area (Å²) in [6, 6.07) is 5.73. The highest BCUT2D eigenvalue weighted by atomic mass is 16.5. The normalized spacial score (nSPS) is 11.9. The molecule has 24 heavy (non-hydrogen) atoms. The number of carbonyl (C=O) groups is 1. The molecule has 0 aromatic carbocycles. The van der Waals surface area contributed by atoms with Gasteiger partial charge in [0.1, 0.15) is 6.10 Å². The maximum atomic E-state index is 11.8. The van der Waals surface area contributed by atoms with Crippen LogP contribution in [0.1, 0.15) is 89.9 Å². The number of unbranched alkanes of at least 4 members (excludes halogenated alkanes) is 8. The Labute approximate surface area is 147 Å². The molecule has 0 aliphatic rings. The molecule has 134 valence electrons. The number of aromatic nitrogens is 1. The zero-order valence-corrected chi connectivity index (χ0v) is 15.4. The average Bonchev–Trinajstić information content (AvgIpc) is 2.59. The molecule has 1 atom stereocenters. The van der Waals surface area contributed by atoms with Crippen molar-refractivity contribution in [3.05, 3.63) is 42.2 Å². The summed E-state index contributed by atoms with van der Waals surface area (Å²) in [6.07, 6.45) is 13.8. The van der Waals surface area contributed by atoms with Gasteiger partial charge in [-0.25, -0.2) is 4.79 Å². The van der Waals surface area contributed by atoms with Crippen molar-refractivity contribution in [3.8, 4) is 0 Å². The average molecular weight is 331 g/mol. The second-order valence-electron chi connectivity index (χ2n) is 6.55. The van der Waals surface area contributed by atoms with Gasteiger partial charge >= 0.3 is 5.97 Å². The summed E-state index contributed by atoms with van der Waals surface area (Å²) >= 11 is 0. The number of esters is 1. The Balaban J connectivity index is 2.30. The van der Waals surface area contributed by atoms with Gasteiger partial charge < -0.3 is 4.74 Å². The van der Waals surface area contributed by atoms with Gasteiger partial charge in [0.2, 0.25) is 0 Å². The summed E-state index contributed by atoms with van der Waals surface area (Å²) < 4.78 is 5.57. The molecule has 0 amide bonds. The smallest absolute Gasteiger partial charge is 0.333 e. The fourth-order valence-corrected chi connectivity index (χ4v) is 2.70. The third-order valence-corrected chi connectivity index (χ3v) is 4.19. The molecule has 3 heteroatoms. The third-order valence-electron chi connectivity index (χ3n) is 4.19. The van der Waals surface area contributed by atoms with E-state index in [0.717, 1.165) is 18.5 Å². The Bertz CT molecular complexity index is 470. The SMILES string of the molecule is C=C(C)C(=O)OC(CCCCCCCCCCC)c1ccccn1. The van der Waals surface area contributed by atoms with Crippen LogP contribution in [0.4, 0.5) is 0 Å². The van der Waals surface area contributed by atoms with E-state index in [1.165, 1.54) is 51.4 Å². The van der Waals surface area contributed by atoms with Crippen molar-refractivity contribution in [2.45, 2.75) is 84.2 Å². The van der Waals surface area contributed by atoms with Crippen LogP contribution in [-0.2, 0) is 9.53 Å². The molecular weight excluding hydrogens is 298 g/mol. The molecule has 1 unspecified atom stereocenters. The number of carbonyl (C=O) groups excluding carboxylic acids is 1. The fraction of sp³-hybridized carbons (Fsp3) is 0.619. The molecule has 1 rings (SSSR count). The van der Waals surface area contributed by atoms with Crippen molar-refractivity contribution in [3.63, 3.8) is 0 Å². The minimum atomic E-state index is -0.332. The molecule has 0 bridgehead atoms. The number of pyridine rings is 1. The summed E-state index contributed by atoms with van der Waals surface area (Å²) in [7, 11) is 0. The van der Waals surface area contributed by atoms with Crippen molar-refractivity contribution in [1.29, 1.82) is 0 Å². The van der Waals surface area contributed by atoms with E-state index in [-0.39, 0.29) is 12.1 Å². The number of rotatable bonds is 13. The first-order valence-corrected chi connectivity index (χ1v) is 9.42. The van der Waals surface area contributed by atoms with Crippen molar-refractivity contribution >= 4 is 5.97 Å². The molecule has 1 heterocycles. The Morgan fingerprint density at radius 2 is 1.71 bits per heavy atom. The monoisotopic (exact) mass is 331 g/mol. The molecule has 0 spiro atoms. The largest absolute Gasteiger partial charge is 0.453 e. The summed E-state index contributed by atoms with van der Waals surface area (Å²) in [5, 5.41) is 0. The highest BCUT2D eigenvalue weighted by molar-refractivity contribution is 5.87. The quantitative estimate of drug-likeness (QED) is 0.247. The molecule has 0 aliphatic heterocycles. The van der Waals surface area contributed by atoms with Crippen LogP contribution in [0, 0.1) is 0 Å². The van der Waals surface area contributed by atoms with Crippen LogP contribution in [0.3, 0.4) is 0 Å². The standard InChI is InChI=1S/C21H33NO2/c1-4-5-6-7-8-9-10-11-12-16-20(24-21(23)18(2)3)19-15-13-14-17-22-19/h13-15,17,20H,2,4-12,16H2,1,3H3. The molecule has 3 nitrogen and oxygen atoms in total. The fourth-order valence-electron chi connectivity index (χ4n) is 2.70. The first-order valence-electron chi connectivity index (χ1n) is 9.42. The minimum Gasteiger partial charge on any atom is -0.453 e. The van der Waals surface area contributed by atoms with Crippen molar-refractivity contribution in [1.82, 2.24) is 4.98 Å². The van der Waals surface area contributed by atoms with Crippen LogP contribution < -0.4 is 0 Å². The third kappa shape index (κ3) is 8.85. The zero-order valence-electron chi connectivity index (χ0n) is 15.4. The molecule has 0 N–H and O–H groups in total. The molecule has 0 radical (unpaired) electrons. The lowest BCUT2D eigenvalue weighted by Gasteiger charge is -2.17. The lowest BCUT2D eigenvalue weighted by molar-refractivity contribution is -0.145. The molecule has 0 saturated carbocycles. The van der Waals surface area contributed by atoms with Gasteiger partial charge in [0, 0.05) is 11.8 Å². The van der Waals surface area contributed by atoms with E-state index >= 15 is 0 Å². The Morgan fingerprint density at radius 1 is 1.08 bits per heavy atom. The van der Waals surface area contributed by atoms with Crippen LogP contribution in [-0.4, -0.2) is 11.0 Å². The number of ether oxygens (including phenoxy) is 1. The Hall–Kier alpha value is -1.64. The van der Waals surface area contributed by atoms with Crippen molar-refractivity contribution in [2.75, 3.05) is 0 Å². The van der Waals surface area contributed by atoms with E-state index in [1.807, 2.05) is 18.2 Å². The van der Waals surface area contributed by atoms with E-state index in [1.54, 1.807) is 13.1 Å². The van der Waals surface area contributed by atoms with Gasteiger partial charge in [-0.2, -0.15) is 0 Å². The van der Waals surface area contributed by atoms with Crippen molar-refractivity contribution < 1.29 is 9.53 Å². The molecule has 0 fully saturated rings. The van der Waals surface area contributed by atoms with Gasteiger partial charge in [0.25, 0.3) is 0 Å². The van der Waals surface area contributed by atoms with Crippen LogP contribution >= 0.6 is 0 Å². The second kappa shape index (κ2) is 12.7. The summed E-state index contributed by atoms with van der Waals surface area (Å²) in [6.45, 7) is 7.58. The maximum Gasteiger partial charge on any atom is 0.333 e. The second-order valence-corrected chi connectivity index (χ2v) is 6.55. The summed E-state index contributed by atoms with van der Waals surface area (Å²) in [4.78, 5) is 16.2. The minimum absolute atomic E-state index is 0.264.